The highest BCUT2D eigenvalue weighted by molar-refractivity contribution is 8.04. The fourth-order valence-corrected chi connectivity index (χ4v) is 4.33. The summed E-state index contributed by atoms with van der Waals surface area (Å²) in [6, 6.07) is 0. The maximum Gasteiger partial charge on any atom is 0.0314 e. The Morgan fingerprint density at radius 3 is 2.21 bits per heavy atom. The number of alkyl halides is 2. The summed E-state index contributed by atoms with van der Waals surface area (Å²) in [6.07, 6.45) is 0. The van der Waals surface area contributed by atoms with Gasteiger partial charge in [-0.15, -0.1) is 23.2 Å². The van der Waals surface area contributed by atoms with E-state index in [0.717, 1.165) is 28.5 Å². The van der Waals surface area contributed by atoms with E-state index in [1.54, 1.807) is 0 Å². The topological polar surface area (TPSA) is 0 Å². The van der Waals surface area contributed by atoms with Gasteiger partial charge in [-0.05, 0) is 0 Å². The van der Waals surface area contributed by atoms with Gasteiger partial charge in [0.05, 0.1) is 0 Å². The molecule has 0 bridgehead atoms. The maximum absolute atomic E-state index is 5.62. The highest BCUT2D eigenvalue weighted by Gasteiger charge is 2.01. The molecular weight excluding hydrogens is 275 g/mol. The smallest absolute Gasteiger partial charge is 0.0314 e. The van der Waals surface area contributed by atoms with Crippen LogP contribution in [-0.4, -0.2) is 45.8 Å². The summed E-state index contributed by atoms with van der Waals surface area (Å²) in [6.45, 7) is 2.27. The molecule has 0 fully saturated rings. The van der Waals surface area contributed by atoms with Gasteiger partial charge in [-0.1, -0.05) is 6.92 Å². The normalized spacial score (nSPS) is 13.1. The first-order valence-electron chi connectivity index (χ1n) is 4.70. The van der Waals surface area contributed by atoms with Gasteiger partial charge >= 0.3 is 0 Å². The highest BCUT2D eigenvalue weighted by Crippen LogP contribution is 2.17. The molecule has 0 aromatic rings. The minimum Gasteiger partial charge on any atom is -0.160 e. The predicted octanol–water partition coefficient (Wildman–Crippen LogP) is 4.05. The van der Waals surface area contributed by atoms with Crippen LogP contribution in [-0.2, 0) is 0 Å². The Morgan fingerprint density at radius 1 is 0.929 bits per heavy atom. The van der Waals surface area contributed by atoms with Crippen molar-refractivity contribution in [3.63, 3.8) is 0 Å². The van der Waals surface area contributed by atoms with Crippen LogP contribution in [0.3, 0.4) is 0 Å². The minimum atomic E-state index is 0.733. The molecular formula is C9H18Cl2S3. The Balaban J connectivity index is 3.02. The third-order valence-corrected chi connectivity index (χ3v) is 6.11. The largest absolute Gasteiger partial charge is 0.160 e. The van der Waals surface area contributed by atoms with Crippen LogP contribution in [0.5, 0.6) is 0 Å². The third kappa shape index (κ3) is 11.7. The van der Waals surface area contributed by atoms with Crippen LogP contribution in [0.1, 0.15) is 6.92 Å². The third-order valence-electron chi connectivity index (χ3n) is 1.43. The highest BCUT2D eigenvalue weighted by atomic mass is 35.5. The molecule has 1 unspecified atom stereocenters. The molecule has 0 rings (SSSR count). The molecule has 0 radical (unpaired) electrons. The number of rotatable bonds is 10. The molecule has 1 atom stereocenters. The Morgan fingerprint density at radius 2 is 1.57 bits per heavy atom. The summed E-state index contributed by atoms with van der Waals surface area (Å²) < 4.78 is 0. The Labute approximate surface area is 111 Å². The molecule has 0 amide bonds. The summed E-state index contributed by atoms with van der Waals surface area (Å²) in [7, 11) is 0. The van der Waals surface area contributed by atoms with Crippen molar-refractivity contribution in [2.45, 2.75) is 12.2 Å². The molecule has 0 spiro atoms. The van der Waals surface area contributed by atoms with Crippen LogP contribution in [0.25, 0.3) is 0 Å². The fraction of sp³-hybridized carbons (Fsp3) is 1.00. The van der Waals surface area contributed by atoms with Gasteiger partial charge in [-0.3, -0.25) is 0 Å². The quantitative estimate of drug-likeness (QED) is 0.440. The van der Waals surface area contributed by atoms with Crippen LogP contribution in [0.15, 0.2) is 0 Å². The molecule has 0 heterocycles. The van der Waals surface area contributed by atoms with Gasteiger partial charge in [0.2, 0.25) is 0 Å². The Kier molecular flexibility index (Phi) is 14.2. The van der Waals surface area contributed by atoms with E-state index in [-0.39, 0.29) is 0 Å². The second-order valence-electron chi connectivity index (χ2n) is 2.75. The van der Waals surface area contributed by atoms with Crippen LogP contribution >= 0.6 is 58.5 Å². The molecule has 0 nitrogen and oxygen atoms in total. The molecule has 0 saturated heterocycles. The molecule has 0 aliphatic heterocycles. The lowest BCUT2D eigenvalue weighted by atomic mass is 10.6. The number of halogens is 2. The van der Waals surface area contributed by atoms with E-state index in [2.05, 4.69) is 6.92 Å². The number of hydrogen-bond acceptors (Lipinski definition) is 3. The van der Waals surface area contributed by atoms with E-state index in [4.69, 9.17) is 23.2 Å². The van der Waals surface area contributed by atoms with Crippen molar-refractivity contribution in [2.24, 2.45) is 0 Å². The molecule has 0 aliphatic rings. The number of hydrogen-bond donors (Lipinski definition) is 0. The van der Waals surface area contributed by atoms with Crippen molar-refractivity contribution in [3.05, 3.63) is 0 Å². The van der Waals surface area contributed by atoms with E-state index < -0.39 is 0 Å². The Hall–Kier alpha value is 1.63. The lowest BCUT2D eigenvalue weighted by Crippen LogP contribution is -2.03. The standard InChI is InChI=1S/C9H18Cl2S3/c1-9(14-5-3-11)8-13-7-6-12-4-2-10/h9H,2-8H2,1H3. The molecule has 86 valence electrons. The van der Waals surface area contributed by atoms with E-state index >= 15 is 0 Å². The van der Waals surface area contributed by atoms with Crippen LogP contribution in [0.4, 0.5) is 0 Å². The van der Waals surface area contributed by atoms with Crippen LogP contribution in [0, 0.1) is 0 Å². The van der Waals surface area contributed by atoms with Crippen molar-refractivity contribution in [1.29, 1.82) is 0 Å². The zero-order valence-electron chi connectivity index (χ0n) is 8.51. The van der Waals surface area contributed by atoms with E-state index in [1.807, 2.05) is 35.3 Å². The van der Waals surface area contributed by atoms with Crippen molar-refractivity contribution >= 4 is 58.5 Å². The average Bonchev–Trinajstić information content (AvgIpc) is 2.20. The summed E-state index contributed by atoms with van der Waals surface area (Å²) in [5.41, 5.74) is 0. The second kappa shape index (κ2) is 12.7. The van der Waals surface area contributed by atoms with Crippen molar-refractivity contribution in [2.75, 3.05) is 40.5 Å². The predicted molar refractivity (Wildman–Crippen MR) is 78.0 cm³/mol. The van der Waals surface area contributed by atoms with Crippen molar-refractivity contribution in [3.8, 4) is 0 Å². The van der Waals surface area contributed by atoms with Gasteiger partial charge < -0.3 is 0 Å². The van der Waals surface area contributed by atoms with Crippen LogP contribution in [0.2, 0.25) is 0 Å². The van der Waals surface area contributed by atoms with Crippen LogP contribution < -0.4 is 0 Å². The van der Waals surface area contributed by atoms with Gasteiger partial charge in [0.1, 0.15) is 0 Å². The summed E-state index contributed by atoms with van der Waals surface area (Å²) in [5.74, 6) is 7.41. The summed E-state index contributed by atoms with van der Waals surface area (Å²) >= 11 is 17.1. The lowest BCUT2D eigenvalue weighted by molar-refractivity contribution is 1.13. The van der Waals surface area contributed by atoms with Crippen molar-refractivity contribution in [1.82, 2.24) is 0 Å². The zero-order valence-corrected chi connectivity index (χ0v) is 12.5. The minimum absolute atomic E-state index is 0.733. The monoisotopic (exact) mass is 292 g/mol. The average molecular weight is 293 g/mol. The van der Waals surface area contributed by atoms with Gasteiger partial charge in [0.15, 0.2) is 0 Å². The maximum atomic E-state index is 5.62. The zero-order chi connectivity index (χ0) is 10.6. The SMILES string of the molecule is CC(CSCCSCCCl)SCCCl. The molecule has 0 N–H and O–H groups in total. The molecule has 0 aromatic carbocycles. The van der Waals surface area contributed by atoms with Gasteiger partial charge in [0, 0.05) is 45.8 Å². The first-order valence-corrected chi connectivity index (χ1v) is 9.13. The first-order chi connectivity index (χ1) is 6.81. The second-order valence-corrected chi connectivity index (χ2v) is 7.42. The van der Waals surface area contributed by atoms with E-state index in [0.29, 0.717) is 0 Å². The van der Waals surface area contributed by atoms with E-state index in [9.17, 15) is 0 Å². The molecule has 0 aromatic heterocycles. The summed E-state index contributed by atoms with van der Waals surface area (Å²) in [5, 5.41) is 0.733. The molecule has 5 heteroatoms. The van der Waals surface area contributed by atoms with Gasteiger partial charge in [-0.25, -0.2) is 0 Å². The van der Waals surface area contributed by atoms with Gasteiger partial charge in [-0.2, -0.15) is 35.3 Å². The number of thioether (sulfide) groups is 3. The Bertz CT molecular complexity index is 114. The molecule has 0 aliphatic carbocycles. The molecule has 14 heavy (non-hydrogen) atoms. The fourth-order valence-electron chi connectivity index (χ4n) is 0.818. The lowest BCUT2D eigenvalue weighted by Gasteiger charge is -2.09. The summed E-state index contributed by atoms with van der Waals surface area (Å²) in [4.78, 5) is 0. The molecule has 0 saturated carbocycles. The van der Waals surface area contributed by atoms with E-state index in [1.165, 1.54) is 17.3 Å². The van der Waals surface area contributed by atoms with Gasteiger partial charge in [0.25, 0.3) is 0 Å². The first kappa shape index (κ1) is 15.6. The van der Waals surface area contributed by atoms with Crippen molar-refractivity contribution < 1.29 is 0 Å².